The molecule has 0 saturated carbocycles. The van der Waals surface area contributed by atoms with Crippen molar-refractivity contribution < 1.29 is 4.74 Å². The number of unbranched alkanes of at least 4 members (excludes halogenated alkanes) is 2. The first kappa shape index (κ1) is 21.1. The number of aryl methyl sites for hydroxylation is 1. The SMILES string of the molecule is CCCCCc1cc(N=O)c(C/C=C(\C)CCC=C(C)C)c(OC)c1. The second-order valence-corrected chi connectivity index (χ2v) is 6.92. The van der Waals surface area contributed by atoms with E-state index in [1.54, 1.807) is 7.11 Å². The monoisotopic (exact) mass is 343 g/mol. The van der Waals surface area contributed by atoms with E-state index < -0.39 is 0 Å². The molecule has 0 saturated heterocycles. The Morgan fingerprint density at radius 1 is 1.16 bits per heavy atom. The Morgan fingerprint density at radius 2 is 1.92 bits per heavy atom. The summed E-state index contributed by atoms with van der Waals surface area (Å²) < 4.78 is 5.54. The summed E-state index contributed by atoms with van der Waals surface area (Å²) in [6, 6.07) is 3.99. The molecule has 0 aliphatic rings. The van der Waals surface area contributed by atoms with E-state index in [1.807, 2.05) is 6.07 Å². The van der Waals surface area contributed by atoms with Crippen LogP contribution in [-0.2, 0) is 12.8 Å². The Kier molecular flexibility index (Phi) is 9.83. The van der Waals surface area contributed by atoms with Crippen molar-refractivity contribution in [3.05, 3.63) is 51.5 Å². The third-order valence-corrected chi connectivity index (χ3v) is 4.38. The zero-order valence-corrected chi connectivity index (χ0v) is 16.5. The summed E-state index contributed by atoms with van der Waals surface area (Å²) in [5.41, 5.74) is 5.20. The first-order chi connectivity index (χ1) is 12.0. The molecule has 1 aromatic rings. The van der Waals surface area contributed by atoms with E-state index in [9.17, 15) is 4.91 Å². The van der Waals surface area contributed by atoms with E-state index in [1.165, 1.54) is 24.0 Å². The van der Waals surface area contributed by atoms with E-state index in [-0.39, 0.29) is 0 Å². The highest BCUT2D eigenvalue weighted by molar-refractivity contribution is 5.57. The highest BCUT2D eigenvalue weighted by Crippen LogP contribution is 2.32. The largest absolute Gasteiger partial charge is 0.496 e. The molecule has 1 aromatic carbocycles. The van der Waals surface area contributed by atoms with Gasteiger partial charge < -0.3 is 4.74 Å². The average Bonchev–Trinajstić information content (AvgIpc) is 2.59. The minimum Gasteiger partial charge on any atom is -0.496 e. The fourth-order valence-electron chi connectivity index (χ4n) is 2.85. The Balaban J connectivity index is 2.90. The molecule has 138 valence electrons. The lowest BCUT2D eigenvalue weighted by molar-refractivity contribution is 0.410. The van der Waals surface area contributed by atoms with Crippen LogP contribution in [0.2, 0.25) is 0 Å². The number of nitroso groups, excluding NO2 is 1. The lowest BCUT2D eigenvalue weighted by Gasteiger charge is -2.12. The van der Waals surface area contributed by atoms with Gasteiger partial charge in [0, 0.05) is 5.56 Å². The van der Waals surface area contributed by atoms with Crippen LogP contribution in [0.5, 0.6) is 5.75 Å². The van der Waals surface area contributed by atoms with Crippen LogP contribution < -0.4 is 4.74 Å². The molecule has 0 spiro atoms. The van der Waals surface area contributed by atoms with Gasteiger partial charge in [-0.2, -0.15) is 0 Å². The van der Waals surface area contributed by atoms with Crippen LogP contribution in [0.4, 0.5) is 5.69 Å². The second-order valence-electron chi connectivity index (χ2n) is 6.92. The molecule has 0 atom stereocenters. The molecule has 0 heterocycles. The van der Waals surface area contributed by atoms with E-state index in [4.69, 9.17) is 4.74 Å². The molecule has 0 bridgehead atoms. The van der Waals surface area contributed by atoms with Crippen molar-refractivity contribution in [2.45, 2.75) is 72.6 Å². The zero-order chi connectivity index (χ0) is 18.7. The van der Waals surface area contributed by atoms with Gasteiger partial charge in [0.05, 0.1) is 7.11 Å². The molecule has 25 heavy (non-hydrogen) atoms. The van der Waals surface area contributed by atoms with Crippen molar-refractivity contribution in [3.8, 4) is 5.75 Å². The van der Waals surface area contributed by atoms with Gasteiger partial charge in [0.15, 0.2) is 0 Å². The van der Waals surface area contributed by atoms with Crippen molar-refractivity contribution in [1.82, 2.24) is 0 Å². The molecule has 0 aliphatic carbocycles. The number of allylic oxidation sites excluding steroid dienone is 4. The first-order valence-corrected chi connectivity index (χ1v) is 9.33. The summed E-state index contributed by atoms with van der Waals surface area (Å²) in [6.45, 7) is 8.56. The molecule has 3 heteroatoms. The molecule has 0 radical (unpaired) electrons. The quantitative estimate of drug-likeness (QED) is 0.245. The number of methoxy groups -OCH3 is 1. The van der Waals surface area contributed by atoms with Gasteiger partial charge in [-0.05, 0) is 75.7 Å². The number of rotatable bonds is 11. The lowest BCUT2D eigenvalue weighted by Crippen LogP contribution is -1.96. The number of hydrogen-bond donors (Lipinski definition) is 0. The molecular formula is C22H33NO2. The third kappa shape index (κ3) is 7.68. The summed E-state index contributed by atoms with van der Waals surface area (Å²) >= 11 is 0. The maximum absolute atomic E-state index is 11.3. The van der Waals surface area contributed by atoms with Crippen LogP contribution in [-0.4, -0.2) is 7.11 Å². The van der Waals surface area contributed by atoms with Gasteiger partial charge in [0.1, 0.15) is 11.4 Å². The predicted octanol–water partition coefficient (Wildman–Crippen LogP) is 7.06. The predicted molar refractivity (Wildman–Crippen MR) is 108 cm³/mol. The van der Waals surface area contributed by atoms with Crippen LogP contribution in [0.3, 0.4) is 0 Å². The normalized spacial score (nSPS) is 11.3. The summed E-state index contributed by atoms with van der Waals surface area (Å²) in [4.78, 5) is 11.3. The number of benzene rings is 1. The standard InChI is InChI=1S/C22H33NO2/c1-6-7-8-12-19-15-21(23-24)20(22(16-19)25-5)14-13-18(4)11-9-10-17(2)3/h10,13,15-16H,6-9,11-12,14H2,1-5H3/b18-13+. The topological polar surface area (TPSA) is 38.7 Å². The van der Waals surface area contributed by atoms with Crippen molar-refractivity contribution in [2.75, 3.05) is 7.11 Å². The summed E-state index contributed by atoms with van der Waals surface area (Å²) in [5.74, 6) is 0.775. The van der Waals surface area contributed by atoms with Crippen LogP contribution in [0.15, 0.2) is 40.6 Å². The van der Waals surface area contributed by atoms with Crippen molar-refractivity contribution in [1.29, 1.82) is 0 Å². The van der Waals surface area contributed by atoms with E-state index >= 15 is 0 Å². The Hall–Kier alpha value is -1.90. The fourth-order valence-corrected chi connectivity index (χ4v) is 2.85. The van der Waals surface area contributed by atoms with E-state index in [2.05, 4.69) is 51.1 Å². The summed E-state index contributed by atoms with van der Waals surface area (Å²) in [6.07, 6.45) is 11.7. The third-order valence-electron chi connectivity index (χ3n) is 4.38. The van der Waals surface area contributed by atoms with Gasteiger partial charge in [-0.1, -0.05) is 43.1 Å². The van der Waals surface area contributed by atoms with E-state index in [0.29, 0.717) is 12.1 Å². The van der Waals surface area contributed by atoms with Gasteiger partial charge in [-0.3, -0.25) is 0 Å². The van der Waals surface area contributed by atoms with Crippen molar-refractivity contribution in [3.63, 3.8) is 0 Å². The highest BCUT2D eigenvalue weighted by Gasteiger charge is 2.12. The zero-order valence-electron chi connectivity index (χ0n) is 16.5. The van der Waals surface area contributed by atoms with Gasteiger partial charge in [0.25, 0.3) is 0 Å². The molecular weight excluding hydrogens is 310 g/mol. The van der Waals surface area contributed by atoms with Crippen LogP contribution >= 0.6 is 0 Å². The number of ether oxygens (including phenoxy) is 1. The summed E-state index contributed by atoms with van der Waals surface area (Å²) in [5, 5.41) is 3.26. The Bertz CT molecular complexity index is 611. The molecule has 0 amide bonds. The molecule has 0 unspecified atom stereocenters. The van der Waals surface area contributed by atoms with Gasteiger partial charge in [0.2, 0.25) is 0 Å². The van der Waals surface area contributed by atoms with Crippen molar-refractivity contribution in [2.24, 2.45) is 5.18 Å². The molecule has 0 fully saturated rings. The molecule has 0 aromatic heterocycles. The molecule has 3 nitrogen and oxygen atoms in total. The maximum Gasteiger partial charge on any atom is 0.124 e. The molecule has 1 rings (SSSR count). The average molecular weight is 344 g/mol. The van der Waals surface area contributed by atoms with E-state index in [0.717, 1.165) is 42.6 Å². The number of hydrogen-bond acceptors (Lipinski definition) is 3. The maximum atomic E-state index is 11.3. The van der Waals surface area contributed by atoms with Gasteiger partial charge in [-0.25, -0.2) is 0 Å². The minimum atomic E-state index is 0.513. The Morgan fingerprint density at radius 3 is 2.52 bits per heavy atom. The van der Waals surface area contributed by atoms with Gasteiger partial charge >= 0.3 is 0 Å². The fraction of sp³-hybridized carbons (Fsp3) is 0.545. The minimum absolute atomic E-state index is 0.513. The summed E-state index contributed by atoms with van der Waals surface area (Å²) in [7, 11) is 1.66. The first-order valence-electron chi connectivity index (χ1n) is 9.33. The highest BCUT2D eigenvalue weighted by atomic mass is 16.5. The molecule has 0 N–H and O–H groups in total. The lowest BCUT2D eigenvalue weighted by atomic mass is 9.99. The second kappa shape index (κ2) is 11.6. The van der Waals surface area contributed by atoms with Crippen LogP contribution in [0.1, 0.15) is 70.9 Å². The number of nitrogens with zero attached hydrogens (tertiary/aromatic N) is 1. The van der Waals surface area contributed by atoms with Crippen molar-refractivity contribution >= 4 is 5.69 Å². The smallest absolute Gasteiger partial charge is 0.124 e. The Labute approximate surface area is 153 Å². The molecule has 0 aliphatic heterocycles. The van der Waals surface area contributed by atoms with Crippen LogP contribution in [0, 0.1) is 4.91 Å². The van der Waals surface area contributed by atoms with Crippen LogP contribution in [0.25, 0.3) is 0 Å². The van der Waals surface area contributed by atoms with Gasteiger partial charge in [-0.15, -0.1) is 4.91 Å².